The van der Waals surface area contributed by atoms with Gasteiger partial charge in [-0.3, -0.25) is 4.68 Å². The maximum Gasteiger partial charge on any atom is 0.319 e. The van der Waals surface area contributed by atoms with Crippen LogP contribution in [0.15, 0.2) is 36.5 Å². The number of anilines is 1. The summed E-state index contributed by atoms with van der Waals surface area (Å²) in [5.74, 6) is 0.198. The molecule has 0 saturated carbocycles. The molecule has 1 unspecified atom stereocenters. The molecule has 1 atom stereocenters. The minimum atomic E-state index is -0.534. The van der Waals surface area contributed by atoms with Crippen LogP contribution in [-0.2, 0) is 7.05 Å². The topological polar surface area (TPSA) is 79.2 Å². The predicted octanol–water partition coefficient (Wildman–Crippen LogP) is 3.01. The minimum Gasteiger partial charge on any atom is -0.391 e. The van der Waals surface area contributed by atoms with E-state index in [0.29, 0.717) is 11.4 Å². The van der Waals surface area contributed by atoms with Crippen molar-refractivity contribution in [3.05, 3.63) is 36.5 Å². The average Bonchev–Trinajstić information content (AvgIpc) is 2.95. The number of aliphatic hydroxyl groups excluding tert-OH is 1. The molecule has 1 aromatic heterocycles. The van der Waals surface area contributed by atoms with Gasteiger partial charge in [-0.25, -0.2) is 4.79 Å². The van der Waals surface area contributed by atoms with Crippen LogP contribution < -0.4 is 10.6 Å². The Kier molecular flexibility index (Phi) is 6.37. The van der Waals surface area contributed by atoms with Crippen molar-refractivity contribution in [1.29, 1.82) is 0 Å². The SMILES string of the molecule is CCC(CC)C(O)CNC(=O)Nc1cn(C)nc1-c1ccccc1. The molecule has 0 radical (unpaired) electrons. The van der Waals surface area contributed by atoms with Gasteiger partial charge in [-0.1, -0.05) is 57.0 Å². The summed E-state index contributed by atoms with van der Waals surface area (Å²) in [4.78, 5) is 12.1. The molecule has 24 heavy (non-hydrogen) atoms. The van der Waals surface area contributed by atoms with Crippen molar-refractivity contribution in [2.45, 2.75) is 32.8 Å². The van der Waals surface area contributed by atoms with E-state index in [1.807, 2.05) is 51.2 Å². The Morgan fingerprint density at radius 1 is 1.25 bits per heavy atom. The zero-order valence-corrected chi connectivity index (χ0v) is 14.5. The number of aryl methyl sites for hydroxylation is 1. The Labute approximate surface area is 142 Å². The van der Waals surface area contributed by atoms with Crippen molar-refractivity contribution >= 4 is 11.7 Å². The average molecular weight is 330 g/mol. The Balaban J connectivity index is 2.00. The number of nitrogens with zero attached hydrogens (tertiary/aromatic N) is 2. The Bertz CT molecular complexity index is 650. The molecule has 6 heteroatoms. The minimum absolute atomic E-state index is 0.198. The lowest BCUT2D eigenvalue weighted by Crippen LogP contribution is -2.38. The van der Waals surface area contributed by atoms with Crippen LogP contribution in [0, 0.1) is 5.92 Å². The van der Waals surface area contributed by atoms with Gasteiger partial charge in [0.1, 0.15) is 5.69 Å². The third kappa shape index (κ3) is 4.58. The molecule has 3 N–H and O–H groups in total. The molecule has 0 aliphatic heterocycles. The third-order valence-corrected chi connectivity index (χ3v) is 4.19. The van der Waals surface area contributed by atoms with E-state index < -0.39 is 6.10 Å². The van der Waals surface area contributed by atoms with Crippen LogP contribution in [0.25, 0.3) is 11.3 Å². The number of benzene rings is 1. The molecule has 1 aromatic carbocycles. The number of nitrogens with one attached hydrogen (secondary N) is 2. The maximum atomic E-state index is 12.1. The van der Waals surface area contributed by atoms with Gasteiger partial charge in [-0.05, 0) is 5.92 Å². The number of amides is 2. The summed E-state index contributed by atoms with van der Waals surface area (Å²) in [5.41, 5.74) is 2.29. The quantitative estimate of drug-likeness (QED) is 0.730. The second-order valence-electron chi connectivity index (χ2n) is 5.91. The van der Waals surface area contributed by atoms with E-state index in [0.717, 1.165) is 18.4 Å². The fraction of sp³-hybridized carbons (Fsp3) is 0.444. The summed E-state index contributed by atoms with van der Waals surface area (Å²) in [7, 11) is 1.81. The first-order chi connectivity index (χ1) is 11.5. The number of carbonyl (C=O) groups is 1. The molecule has 6 nitrogen and oxygen atoms in total. The largest absolute Gasteiger partial charge is 0.391 e. The van der Waals surface area contributed by atoms with Gasteiger partial charge < -0.3 is 15.7 Å². The molecule has 0 aliphatic carbocycles. The first-order valence-corrected chi connectivity index (χ1v) is 8.37. The molecule has 2 aromatic rings. The lowest BCUT2D eigenvalue weighted by atomic mass is 9.97. The normalized spacial score (nSPS) is 12.2. The Morgan fingerprint density at radius 3 is 2.54 bits per heavy atom. The first-order valence-electron chi connectivity index (χ1n) is 8.37. The molecular weight excluding hydrogens is 304 g/mol. The molecule has 130 valence electrons. The Hall–Kier alpha value is -2.34. The highest BCUT2D eigenvalue weighted by Crippen LogP contribution is 2.25. The highest BCUT2D eigenvalue weighted by molar-refractivity contribution is 5.93. The van der Waals surface area contributed by atoms with Crippen molar-refractivity contribution in [2.24, 2.45) is 13.0 Å². The summed E-state index contributed by atoms with van der Waals surface area (Å²) < 4.78 is 1.66. The van der Waals surface area contributed by atoms with Crippen LogP contribution in [0.4, 0.5) is 10.5 Å². The predicted molar refractivity (Wildman–Crippen MR) is 95.7 cm³/mol. The van der Waals surface area contributed by atoms with E-state index in [2.05, 4.69) is 15.7 Å². The van der Waals surface area contributed by atoms with Gasteiger partial charge in [0.15, 0.2) is 0 Å². The van der Waals surface area contributed by atoms with Crippen molar-refractivity contribution in [3.8, 4) is 11.3 Å². The van der Waals surface area contributed by atoms with E-state index in [-0.39, 0.29) is 18.5 Å². The van der Waals surface area contributed by atoms with Crippen molar-refractivity contribution in [3.63, 3.8) is 0 Å². The summed E-state index contributed by atoms with van der Waals surface area (Å²) in [6.07, 6.45) is 3.01. The molecule has 2 rings (SSSR count). The third-order valence-electron chi connectivity index (χ3n) is 4.19. The van der Waals surface area contributed by atoms with Gasteiger partial charge in [-0.15, -0.1) is 0 Å². The number of carbonyl (C=O) groups excluding carboxylic acids is 1. The monoisotopic (exact) mass is 330 g/mol. The molecular formula is C18H26N4O2. The lowest BCUT2D eigenvalue weighted by Gasteiger charge is -2.20. The highest BCUT2D eigenvalue weighted by atomic mass is 16.3. The van der Waals surface area contributed by atoms with E-state index >= 15 is 0 Å². The first kappa shape index (κ1) is 18.0. The van der Waals surface area contributed by atoms with E-state index in [1.165, 1.54) is 0 Å². The van der Waals surface area contributed by atoms with E-state index in [9.17, 15) is 9.90 Å². The number of aromatic nitrogens is 2. The summed E-state index contributed by atoms with van der Waals surface area (Å²) in [6, 6.07) is 9.35. The number of urea groups is 1. The zero-order chi connectivity index (χ0) is 17.5. The van der Waals surface area contributed by atoms with Crippen molar-refractivity contribution in [1.82, 2.24) is 15.1 Å². The molecule has 0 spiro atoms. The Morgan fingerprint density at radius 2 is 1.92 bits per heavy atom. The van der Waals surface area contributed by atoms with Crippen LogP contribution in [0.1, 0.15) is 26.7 Å². The van der Waals surface area contributed by atoms with Gasteiger partial charge in [-0.2, -0.15) is 5.10 Å². The second kappa shape index (κ2) is 8.49. The molecule has 0 fully saturated rings. The smallest absolute Gasteiger partial charge is 0.319 e. The second-order valence-corrected chi connectivity index (χ2v) is 5.91. The molecule has 0 saturated heterocycles. The number of hydrogen-bond donors (Lipinski definition) is 3. The fourth-order valence-electron chi connectivity index (χ4n) is 2.75. The number of rotatable bonds is 7. The van der Waals surface area contributed by atoms with Crippen LogP contribution in [0.2, 0.25) is 0 Å². The highest BCUT2D eigenvalue weighted by Gasteiger charge is 2.17. The van der Waals surface area contributed by atoms with Gasteiger partial charge in [0.25, 0.3) is 0 Å². The summed E-state index contributed by atoms with van der Waals surface area (Å²) >= 11 is 0. The molecule has 0 bridgehead atoms. The van der Waals surface area contributed by atoms with Crippen LogP contribution in [0.5, 0.6) is 0 Å². The standard InChI is InChI=1S/C18H26N4O2/c1-4-13(5-2)16(23)11-19-18(24)20-15-12-22(3)21-17(15)14-9-7-6-8-10-14/h6-10,12-13,16,23H,4-5,11H2,1-3H3,(H2,19,20,24). The van der Waals surface area contributed by atoms with Crippen LogP contribution >= 0.6 is 0 Å². The number of hydrogen-bond acceptors (Lipinski definition) is 3. The van der Waals surface area contributed by atoms with Gasteiger partial charge in [0, 0.05) is 25.4 Å². The van der Waals surface area contributed by atoms with E-state index in [4.69, 9.17) is 0 Å². The van der Waals surface area contributed by atoms with Crippen molar-refractivity contribution < 1.29 is 9.90 Å². The van der Waals surface area contributed by atoms with Crippen molar-refractivity contribution in [2.75, 3.05) is 11.9 Å². The van der Waals surface area contributed by atoms with Gasteiger partial charge >= 0.3 is 6.03 Å². The van der Waals surface area contributed by atoms with Gasteiger partial charge in [0.2, 0.25) is 0 Å². The lowest BCUT2D eigenvalue weighted by molar-refractivity contribution is 0.104. The molecule has 0 aliphatic rings. The maximum absolute atomic E-state index is 12.1. The molecule has 1 heterocycles. The number of aliphatic hydroxyl groups is 1. The van der Waals surface area contributed by atoms with Gasteiger partial charge in [0.05, 0.1) is 11.8 Å². The van der Waals surface area contributed by atoms with Crippen LogP contribution in [-0.4, -0.2) is 33.6 Å². The summed E-state index contributed by atoms with van der Waals surface area (Å²) in [6.45, 7) is 4.32. The zero-order valence-electron chi connectivity index (χ0n) is 14.5. The van der Waals surface area contributed by atoms with E-state index in [1.54, 1.807) is 10.9 Å². The summed E-state index contributed by atoms with van der Waals surface area (Å²) in [5, 5.41) is 20.1. The van der Waals surface area contributed by atoms with Crippen LogP contribution in [0.3, 0.4) is 0 Å². The molecule has 2 amide bonds. The fourth-order valence-corrected chi connectivity index (χ4v) is 2.75.